The largest absolute Gasteiger partial charge is 0.379 e. The normalized spacial score (nSPS) is 27.3. The van der Waals surface area contributed by atoms with Crippen molar-refractivity contribution in [2.75, 3.05) is 26.3 Å². The molecule has 2 aliphatic rings. The number of morpholine rings is 1. The molecule has 1 saturated heterocycles. The molecule has 2 fully saturated rings. The lowest BCUT2D eigenvalue weighted by Crippen LogP contribution is -2.44. The number of nitrogens with zero attached hydrogens (tertiary/aromatic N) is 1. The minimum atomic E-state index is -3.61. The van der Waals surface area contributed by atoms with Crippen molar-refractivity contribution >= 4 is 15.9 Å². The molecule has 0 unspecified atom stereocenters. The summed E-state index contributed by atoms with van der Waals surface area (Å²) in [6, 6.07) is 4.96. The Morgan fingerprint density at radius 1 is 1.19 bits per heavy atom. The van der Waals surface area contributed by atoms with Crippen LogP contribution in [-0.4, -0.2) is 51.0 Å². The summed E-state index contributed by atoms with van der Waals surface area (Å²) in [7, 11) is -3.61. The van der Waals surface area contributed by atoms with E-state index in [2.05, 4.69) is 19.2 Å². The molecule has 6 nitrogen and oxygen atoms in total. The number of sulfonamides is 1. The van der Waals surface area contributed by atoms with Gasteiger partial charge in [0.2, 0.25) is 10.0 Å². The predicted octanol–water partition coefficient (Wildman–Crippen LogP) is 2.57. The molecule has 1 N–H and O–H groups in total. The van der Waals surface area contributed by atoms with Gasteiger partial charge in [-0.25, -0.2) is 8.42 Å². The van der Waals surface area contributed by atoms with Crippen LogP contribution in [0.2, 0.25) is 0 Å². The summed E-state index contributed by atoms with van der Waals surface area (Å²) >= 11 is 0. The summed E-state index contributed by atoms with van der Waals surface area (Å²) in [5.74, 6) is 0.818. The van der Waals surface area contributed by atoms with Crippen molar-refractivity contribution in [1.29, 1.82) is 0 Å². The fraction of sp³-hybridized carbons (Fsp3) is 0.650. The molecule has 1 saturated carbocycles. The highest BCUT2D eigenvalue weighted by Crippen LogP contribution is 2.30. The lowest BCUT2D eigenvalue weighted by Gasteiger charge is -2.34. The maximum absolute atomic E-state index is 12.9. The van der Waals surface area contributed by atoms with Crippen LogP contribution in [0, 0.1) is 18.8 Å². The van der Waals surface area contributed by atoms with E-state index < -0.39 is 10.0 Å². The molecule has 0 spiro atoms. The highest BCUT2D eigenvalue weighted by Gasteiger charge is 2.30. The zero-order valence-electron chi connectivity index (χ0n) is 16.4. The number of ether oxygens (including phenoxy) is 1. The fourth-order valence-electron chi connectivity index (χ4n) is 3.97. The number of rotatable bonds is 4. The zero-order valence-corrected chi connectivity index (χ0v) is 17.2. The van der Waals surface area contributed by atoms with Gasteiger partial charge in [0, 0.05) is 24.7 Å². The lowest BCUT2D eigenvalue weighted by molar-refractivity contribution is 0.0730. The smallest absolute Gasteiger partial charge is 0.251 e. The van der Waals surface area contributed by atoms with Gasteiger partial charge in [0.1, 0.15) is 0 Å². The molecule has 1 aliphatic heterocycles. The summed E-state index contributed by atoms with van der Waals surface area (Å²) in [5, 5.41) is 3.15. The van der Waals surface area contributed by atoms with Crippen LogP contribution in [0.25, 0.3) is 0 Å². The van der Waals surface area contributed by atoms with E-state index in [-0.39, 0.29) is 16.8 Å². The van der Waals surface area contributed by atoms with Gasteiger partial charge in [-0.05, 0) is 42.9 Å². The Labute approximate surface area is 162 Å². The van der Waals surface area contributed by atoms with Crippen molar-refractivity contribution < 1.29 is 17.9 Å². The average molecular weight is 395 g/mol. The van der Waals surface area contributed by atoms with Gasteiger partial charge in [0.05, 0.1) is 18.1 Å². The highest BCUT2D eigenvalue weighted by atomic mass is 32.2. The summed E-state index contributed by atoms with van der Waals surface area (Å²) in [4.78, 5) is 13.1. The predicted molar refractivity (Wildman–Crippen MR) is 104 cm³/mol. The quantitative estimate of drug-likeness (QED) is 0.852. The second-order valence-corrected chi connectivity index (χ2v) is 9.78. The van der Waals surface area contributed by atoms with Crippen molar-refractivity contribution in [3.8, 4) is 0 Å². The molecule has 1 aromatic rings. The summed E-state index contributed by atoms with van der Waals surface area (Å²) in [6.07, 6.45) is 3.28. The first-order valence-electron chi connectivity index (χ1n) is 9.80. The Bertz CT molecular complexity index is 787. The van der Waals surface area contributed by atoms with E-state index in [1.165, 1.54) is 16.8 Å². The second kappa shape index (κ2) is 8.29. The first-order valence-corrected chi connectivity index (χ1v) is 11.2. The third-order valence-electron chi connectivity index (χ3n) is 6.08. The van der Waals surface area contributed by atoms with Crippen LogP contribution in [0.15, 0.2) is 23.1 Å². The van der Waals surface area contributed by atoms with Crippen LogP contribution in [0.5, 0.6) is 0 Å². The average Bonchev–Trinajstić information content (AvgIpc) is 2.66. The third kappa shape index (κ3) is 4.36. The van der Waals surface area contributed by atoms with Crippen molar-refractivity contribution in [2.45, 2.75) is 51.0 Å². The van der Waals surface area contributed by atoms with Crippen molar-refractivity contribution in [3.63, 3.8) is 0 Å². The summed E-state index contributed by atoms with van der Waals surface area (Å²) in [6.45, 7) is 7.73. The van der Waals surface area contributed by atoms with Gasteiger partial charge in [-0.15, -0.1) is 0 Å². The number of carbonyl (C=O) groups is 1. The molecule has 3 atom stereocenters. The monoisotopic (exact) mass is 394 g/mol. The van der Waals surface area contributed by atoms with Crippen molar-refractivity contribution in [2.24, 2.45) is 11.8 Å². The van der Waals surface area contributed by atoms with E-state index in [9.17, 15) is 13.2 Å². The van der Waals surface area contributed by atoms with E-state index in [0.29, 0.717) is 43.7 Å². The minimum absolute atomic E-state index is 0.139. The molecule has 7 heteroatoms. The van der Waals surface area contributed by atoms with E-state index >= 15 is 0 Å². The van der Waals surface area contributed by atoms with Gasteiger partial charge in [-0.3, -0.25) is 4.79 Å². The van der Waals surface area contributed by atoms with Gasteiger partial charge < -0.3 is 10.1 Å². The Morgan fingerprint density at radius 2 is 1.89 bits per heavy atom. The van der Waals surface area contributed by atoms with Gasteiger partial charge in [0.25, 0.3) is 5.91 Å². The molecule has 3 rings (SSSR count). The Morgan fingerprint density at radius 3 is 2.59 bits per heavy atom. The molecule has 27 heavy (non-hydrogen) atoms. The zero-order chi connectivity index (χ0) is 19.6. The molecular formula is C20H30N2O4S. The van der Waals surface area contributed by atoms with E-state index in [1.54, 1.807) is 12.1 Å². The van der Waals surface area contributed by atoms with Gasteiger partial charge in [0.15, 0.2) is 0 Å². The van der Waals surface area contributed by atoms with Crippen LogP contribution in [0.1, 0.15) is 49.0 Å². The Balaban J connectivity index is 1.81. The standard InChI is InChI=1S/C20H30N2O4S/c1-14-5-4-6-19(16(14)3)21-20(23)18-13-17(8-7-15(18)2)27(24,25)22-9-11-26-12-10-22/h7-8,13-14,16,19H,4-6,9-12H2,1-3H3,(H,21,23)/t14-,16+,19+/m0/s1. The third-order valence-corrected chi connectivity index (χ3v) is 7.98. The van der Waals surface area contributed by atoms with E-state index in [0.717, 1.165) is 18.4 Å². The molecule has 0 aromatic heterocycles. The SMILES string of the molecule is Cc1ccc(S(=O)(=O)N2CCOCC2)cc1C(=O)N[C@@H]1CCC[C@H](C)[C@H]1C. The van der Waals surface area contributed by atoms with Gasteiger partial charge in [-0.2, -0.15) is 4.31 Å². The summed E-state index contributed by atoms with van der Waals surface area (Å²) < 4.78 is 32.5. The maximum Gasteiger partial charge on any atom is 0.251 e. The molecular weight excluding hydrogens is 364 g/mol. The Kier molecular flexibility index (Phi) is 6.23. The number of nitrogens with one attached hydrogen (secondary N) is 1. The lowest BCUT2D eigenvalue weighted by atomic mass is 9.78. The number of hydrogen-bond acceptors (Lipinski definition) is 4. The minimum Gasteiger partial charge on any atom is -0.379 e. The van der Waals surface area contributed by atoms with Crippen LogP contribution >= 0.6 is 0 Å². The second-order valence-electron chi connectivity index (χ2n) is 7.84. The van der Waals surface area contributed by atoms with Crippen LogP contribution in [-0.2, 0) is 14.8 Å². The highest BCUT2D eigenvalue weighted by molar-refractivity contribution is 7.89. The van der Waals surface area contributed by atoms with E-state index in [1.807, 2.05) is 6.92 Å². The summed E-state index contributed by atoms with van der Waals surface area (Å²) in [5.41, 5.74) is 1.22. The van der Waals surface area contributed by atoms with Gasteiger partial charge in [-0.1, -0.05) is 32.8 Å². The molecule has 0 radical (unpaired) electrons. The van der Waals surface area contributed by atoms with Crippen molar-refractivity contribution in [1.82, 2.24) is 9.62 Å². The molecule has 1 aliphatic carbocycles. The Hall–Kier alpha value is -1.44. The molecule has 1 amide bonds. The van der Waals surface area contributed by atoms with Crippen LogP contribution < -0.4 is 5.32 Å². The molecule has 0 bridgehead atoms. The molecule has 150 valence electrons. The molecule has 1 aromatic carbocycles. The first-order chi connectivity index (χ1) is 12.8. The number of benzene rings is 1. The van der Waals surface area contributed by atoms with Crippen LogP contribution in [0.4, 0.5) is 0 Å². The van der Waals surface area contributed by atoms with Crippen molar-refractivity contribution in [3.05, 3.63) is 29.3 Å². The topological polar surface area (TPSA) is 75.7 Å². The number of aryl methyl sites for hydroxylation is 1. The number of carbonyl (C=O) groups excluding carboxylic acids is 1. The van der Waals surface area contributed by atoms with E-state index in [4.69, 9.17) is 4.74 Å². The maximum atomic E-state index is 12.9. The number of hydrogen-bond donors (Lipinski definition) is 1. The van der Waals surface area contributed by atoms with Gasteiger partial charge >= 0.3 is 0 Å². The van der Waals surface area contributed by atoms with Crippen LogP contribution in [0.3, 0.4) is 0 Å². The first kappa shape index (κ1) is 20.3. The number of amides is 1. The molecule has 1 heterocycles. The fourth-order valence-corrected chi connectivity index (χ4v) is 5.41.